The highest BCUT2D eigenvalue weighted by atomic mass is 31.2. The minimum atomic E-state index is -1.64. The molecule has 1 rings (SSSR count). The van der Waals surface area contributed by atoms with Gasteiger partial charge in [-0.05, 0) is 39.8 Å². The van der Waals surface area contributed by atoms with E-state index >= 15 is 0 Å². The van der Waals surface area contributed by atoms with Crippen molar-refractivity contribution in [2.45, 2.75) is 27.7 Å². The molecule has 22 heavy (non-hydrogen) atoms. The maximum Gasteiger partial charge on any atom is 0.186 e. The molecule has 0 amide bonds. The Morgan fingerprint density at radius 1 is 0.864 bits per heavy atom. The van der Waals surface area contributed by atoms with Crippen molar-refractivity contribution in [1.82, 2.24) is 9.34 Å². The first-order valence-corrected chi connectivity index (χ1v) is 10.3. The zero-order chi connectivity index (χ0) is 16.8. The van der Waals surface area contributed by atoms with Gasteiger partial charge in [-0.2, -0.15) is 9.34 Å². The van der Waals surface area contributed by atoms with Crippen molar-refractivity contribution in [3.8, 4) is 11.5 Å². The Hall–Kier alpha value is -0.830. The van der Waals surface area contributed by atoms with Gasteiger partial charge in [-0.1, -0.05) is 0 Å². The lowest BCUT2D eigenvalue weighted by atomic mass is 10.3. The average Bonchev–Trinajstić information content (AvgIpc) is 2.56. The summed E-state index contributed by atoms with van der Waals surface area (Å²) in [6, 6.07) is 6.23. The van der Waals surface area contributed by atoms with Crippen LogP contribution < -0.4 is 14.8 Å². The van der Waals surface area contributed by atoms with Crippen LogP contribution in [0.5, 0.6) is 11.5 Å². The third-order valence-corrected chi connectivity index (χ3v) is 9.02. The molecule has 0 radical (unpaired) electrons. The topological polar surface area (TPSA) is 24.9 Å². The van der Waals surface area contributed by atoms with Gasteiger partial charge in [-0.3, -0.25) is 0 Å². The molecular weight excluding hydrogens is 295 g/mol. The Kier molecular flexibility index (Phi) is 7.61. The van der Waals surface area contributed by atoms with Crippen molar-refractivity contribution < 1.29 is 9.47 Å². The Morgan fingerprint density at radius 2 is 1.36 bits per heavy atom. The maximum atomic E-state index is 5.71. The van der Waals surface area contributed by atoms with Crippen LogP contribution >= 0.6 is 7.56 Å². The Bertz CT molecular complexity index is 448. The molecule has 0 spiro atoms. The summed E-state index contributed by atoms with van der Waals surface area (Å²) in [5.41, 5.74) is 0. The molecular formula is C17H32N2O2P+. The molecule has 0 bridgehead atoms. The molecule has 5 heteroatoms. The molecule has 0 N–H and O–H groups in total. The van der Waals surface area contributed by atoms with E-state index in [1.807, 2.05) is 12.1 Å². The third-order valence-electron chi connectivity index (χ3n) is 4.40. The van der Waals surface area contributed by atoms with Crippen LogP contribution in [0.3, 0.4) is 0 Å². The normalized spacial score (nSPS) is 12.0. The predicted molar refractivity (Wildman–Crippen MR) is 97.9 cm³/mol. The molecule has 0 aliphatic carbocycles. The first kappa shape index (κ1) is 19.2. The number of methoxy groups -OCH3 is 2. The second-order valence-electron chi connectivity index (χ2n) is 5.23. The molecule has 1 aromatic rings. The summed E-state index contributed by atoms with van der Waals surface area (Å²) in [5, 5.41) is 1.29. The van der Waals surface area contributed by atoms with Gasteiger partial charge in [-0.25, -0.2) is 0 Å². The standard InChI is InChI=1S/C17H32N2O2P/c1-8-18(9-2)22(7,19(10-3)11-4)17-13-12-15(20-5)14-16(17)21-6/h12-14H,8-11H2,1-7H3/q+1. The van der Waals surface area contributed by atoms with Crippen LogP contribution in [0.15, 0.2) is 18.2 Å². The summed E-state index contributed by atoms with van der Waals surface area (Å²) in [5.74, 6) is 1.76. The largest absolute Gasteiger partial charge is 0.497 e. The molecule has 0 aromatic heterocycles. The molecule has 0 saturated carbocycles. The Balaban J connectivity index is 3.50. The number of hydrogen-bond donors (Lipinski definition) is 0. The van der Waals surface area contributed by atoms with Crippen molar-refractivity contribution in [3.63, 3.8) is 0 Å². The Morgan fingerprint density at radius 3 is 1.73 bits per heavy atom. The first-order valence-electron chi connectivity index (χ1n) is 8.13. The highest BCUT2D eigenvalue weighted by molar-refractivity contribution is 7.78. The van der Waals surface area contributed by atoms with Gasteiger partial charge in [0, 0.05) is 32.2 Å². The summed E-state index contributed by atoms with van der Waals surface area (Å²) in [6.07, 6.45) is 0. The lowest BCUT2D eigenvalue weighted by molar-refractivity contribution is 0.392. The lowest BCUT2D eigenvalue weighted by Gasteiger charge is -2.39. The minimum Gasteiger partial charge on any atom is -0.497 e. The number of nitrogens with zero attached hydrogens (tertiary/aromatic N) is 2. The molecule has 126 valence electrons. The molecule has 0 heterocycles. The molecule has 4 nitrogen and oxygen atoms in total. The molecule has 0 unspecified atom stereocenters. The second-order valence-corrected chi connectivity index (χ2v) is 8.67. The number of ether oxygens (including phenoxy) is 2. The minimum absolute atomic E-state index is 0.839. The van der Waals surface area contributed by atoms with Crippen LogP contribution in [-0.4, -0.2) is 56.4 Å². The molecule has 0 fully saturated rings. The van der Waals surface area contributed by atoms with Gasteiger partial charge in [0.15, 0.2) is 18.6 Å². The van der Waals surface area contributed by atoms with Crippen LogP contribution in [0.4, 0.5) is 0 Å². The van der Waals surface area contributed by atoms with Crippen molar-refractivity contribution >= 4 is 12.9 Å². The van der Waals surface area contributed by atoms with E-state index in [9.17, 15) is 0 Å². The number of rotatable bonds is 9. The zero-order valence-electron chi connectivity index (χ0n) is 15.2. The molecule has 1 aromatic carbocycles. The first-order chi connectivity index (χ1) is 10.5. The van der Waals surface area contributed by atoms with Crippen LogP contribution in [0.1, 0.15) is 27.7 Å². The van der Waals surface area contributed by atoms with Gasteiger partial charge in [0.05, 0.1) is 20.9 Å². The monoisotopic (exact) mass is 327 g/mol. The molecule has 0 atom stereocenters. The van der Waals surface area contributed by atoms with E-state index in [0.717, 1.165) is 37.7 Å². The molecule has 0 aliphatic rings. The summed E-state index contributed by atoms with van der Waals surface area (Å²) in [7, 11) is 1.79. The van der Waals surface area contributed by atoms with Crippen LogP contribution in [0, 0.1) is 0 Å². The van der Waals surface area contributed by atoms with E-state index in [0.29, 0.717) is 0 Å². The predicted octanol–water partition coefficient (Wildman–Crippen LogP) is 3.49. The summed E-state index contributed by atoms with van der Waals surface area (Å²) in [4.78, 5) is 0. The highest BCUT2D eigenvalue weighted by Gasteiger charge is 2.48. The summed E-state index contributed by atoms with van der Waals surface area (Å²) in [6.45, 7) is 15.5. The van der Waals surface area contributed by atoms with Gasteiger partial charge in [-0.15, -0.1) is 0 Å². The summed E-state index contributed by atoms with van der Waals surface area (Å²) < 4.78 is 16.2. The van der Waals surface area contributed by atoms with Crippen LogP contribution in [0.2, 0.25) is 0 Å². The van der Waals surface area contributed by atoms with Crippen molar-refractivity contribution in [2.75, 3.05) is 47.1 Å². The lowest BCUT2D eigenvalue weighted by Crippen LogP contribution is -2.41. The van der Waals surface area contributed by atoms with Gasteiger partial charge in [0.2, 0.25) is 0 Å². The van der Waals surface area contributed by atoms with Crippen LogP contribution in [0.25, 0.3) is 0 Å². The number of hydrogen-bond acceptors (Lipinski definition) is 4. The second kappa shape index (κ2) is 8.71. The average molecular weight is 327 g/mol. The fraction of sp³-hybridized carbons (Fsp3) is 0.647. The molecule has 0 aliphatic heterocycles. The fourth-order valence-corrected chi connectivity index (χ4v) is 7.27. The van der Waals surface area contributed by atoms with Gasteiger partial charge < -0.3 is 9.47 Å². The fourth-order valence-electron chi connectivity index (χ4n) is 3.17. The Labute approximate surface area is 136 Å². The van der Waals surface area contributed by atoms with E-state index in [1.54, 1.807) is 14.2 Å². The summed E-state index contributed by atoms with van der Waals surface area (Å²) >= 11 is 0. The van der Waals surface area contributed by atoms with Crippen molar-refractivity contribution in [3.05, 3.63) is 18.2 Å². The number of benzene rings is 1. The van der Waals surface area contributed by atoms with E-state index in [1.165, 1.54) is 5.30 Å². The van der Waals surface area contributed by atoms with E-state index in [4.69, 9.17) is 9.47 Å². The van der Waals surface area contributed by atoms with Gasteiger partial charge in [0.25, 0.3) is 0 Å². The van der Waals surface area contributed by atoms with E-state index < -0.39 is 7.56 Å². The van der Waals surface area contributed by atoms with E-state index in [2.05, 4.69) is 49.8 Å². The van der Waals surface area contributed by atoms with Gasteiger partial charge >= 0.3 is 0 Å². The quantitative estimate of drug-likeness (QED) is 0.648. The van der Waals surface area contributed by atoms with Crippen molar-refractivity contribution in [2.24, 2.45) is 0 Å². The van der Waals surface area contributed by atoms with Crippen molar-refractivity contribution in [1.29, 1.82) is 0 Å². The maximum absolute atomic E-state index is 5.71. The van der Waals surface area contributed by atoms with Gasteiger partial charge in [0.1, 0.15) is 5.75 Å². The van der Waals surface area contributed by atoms with Crippen LogP contribution in [-0.2, 0) is 0 Å². The molecule has 0 saturated heterocycles. The van der Waals surface area contributed by atoms with E-state index in [-0.39, 0.29) is 0 Å². The zero-order valence-corrected chi connectivity index (χ0v) is 16.1. The highest BCUT2D eigenvalue weighted by Crippen LogP contribution is 2.61. The SMILES string of the molecule is CCN(CC)[P+](C)(c1ccc(OC)cc1OC)N(CC)CC. The smallest absolute Gasteiger partial charge is 0.186 e. The third kappa shape index (κ3) is 3.56.